The van der Waals surface area contributed by atoms with Crippen molar-refractivity contribution in [3.8, 4) is 5.75 Å². The van der Waals surface area contributed by atoms with Crippen LogP contribution in [0.5, 0.6) is 5.75 Å². The molecule has 0 N–H and O–H groups in total. The molecule has 1 aromatic rings. The molecular weight excluding hydrogens is 259 g/mol. The molecule has 0 spiro atoms. The lowest BCUT2D eigenvalue weighted by atomic mass is 10.3. The van der Waals surface area contributed by atoms with Crippen LogP contribution in [0.2, 0.25) is 0 Å². The predicted octanol–water partition coefficient (Wildman–Crippen LogP) is 0.713. The zero-order valence-corrected chi connectivity index (χ0v) is 11.5. The maximum absolute atomic E-state index is 12.8. The fraction of sp³-hybridized carbons (Fsp3) is 0.571. The number of hydrogen-bond donors (Lipinski definition) is 0. The van der Waals surface area contributed by atoms with Crippen molar-refractivity contribution in [2.45, 2.75) is 0 Å². The van der Waals surface area contributed by atoms with Gasteiger partial charge in [0.25, 0.3) is 0 Å². The molecule has 4 fully saturated rings. The van der Waals surface area contributed by atoms with E-state index in [0.717, 1.165) is 56.8 Å². The molecule has 0 unspecified atom stereocenters. The number of nitrogens with zero attached hydrogens (tertiary/aromatic N) is 4. The molecule has 0 amide bonds. The second-order valence-corrected chi connectivity index (χ2v) is 6.23. The van der Waals surface area contributed by atoms with Gasteiger partial charge in [-0.15, -0.1) is 0 Å². The van der Waals surface area contributed by atoms with Gasteiger partial charge in [0.15, 0.2) is 0 Å². The highest BCUT2D eigenvalue weighted by molar-refractivity contribution is 5.21. The summed E-state index contributed by atoms with van der Waals surface area (Å²) < 4.78 is 19.7. The summed E-state index contributed by atoms with van der Waals surface area (Å²) in [4.78, 5) is 7.48. The SMILES string of the molecule is Fc1ccc(OCC[N+]23CN4CN(CN(C4)C2)C3)cc1. The van der Waals surface area contributed by atoms with E-state index in [2.05, 4.69) is 14.7 Å². The van der Waals surface area contributed by atoms with E-state index in [4.69, 9.17) is 4.74 Å². The van der Waals surface area contributed by atoms with Crippen LogP contribution in [0.4, 0.5) is 4.39 Å². The quantitative estimate of drug-likeness (QED) is 0.756. The summed E-state index contributed by atoms with van der Waals surface area (Å²) in [6.45, 7) is 8.38. The first kappa shape index (κ1) is 12.5. The van der Waals surface area contributed by atoms with Crippen molar-refractivity contribution in [1.29, 1.82) is 0 Å². The van der Waals surface area contributed by atoms with Gasteiger partial charge in [-0.2, -0.15) is 0 Å². The van der Waals surface area contributed by atoms with Crippen molar-refractivity contribution in [3.63, 3.8) is 0 Å². The Bertz CT molecular complexity index is 457. The van der Waals surface area contributed by atoms with Crippen LogP contribution < -0.4 is 4.74 Å². The highest BCUT2D eigenvalue weighted by Crippen LogP contribution is 2.28. The maximum atomic E-state index is 12.8. The van der Waals surface area contributed by atoms with E-state index in [0.29, 0.717) is 6.61 Å². The van der Waals surface area contributed by atoms with Crippen molar-refractivity contribution < 1.29 is 13.6 Å². The molecule has 0 radical (unpaired) electrons. The number of ether oxygens (including phenoxy) is 1. The normalized spacial score (nSPS) is 38.1. The number of hydrogen-bond acceptors (Lipinski definition) is 4. The summed E-state index contributed by atoms with van der Waals surface area (Å²) in [6, 6.07) is 6.27. The minimum absolute atomic E-state index is 0.220. The van der Waals surface area contributed by atoms with E-state index in [-0.39, 0.29) is 5.82 Å². The smallest absolute Gasteiger partial charge is 0.139 e. The molecule has 4 heterocycles. The zero-order valence-electron chi connectivity index (χ0n) is 11.5. The van der Waals surface area contributed by atoms with Crippen LogP contribution in [0.1, 0.15) is 0 Å². The number of benzene rings is 1. The Morgan fingerprint density at radius 1 is 0.950 bits per heavy atom. The lowest BCUT2D eigenvalue weighted by Crippen LogP contribution is -2.79. The van der Waals surface area contributed by atoms with E-state index >= 15 is 0 Å². The van der Waals surface area contributed by atoms with E-state index in [1.807, 2.05) is 0 Å². The van der Waals surface area contributed by atoms with Gasteiger partial charge < -0.3 is 4.74 Å². The molecule has 4 saturated heterocycles. The van der Waals surface area contributed by atoms with Gasteiger partial charge >= 0.3 is 0 Å². The number of halogens is 1. The highest BCUT2D eigenvalue weighted by Gasteiger charge is 2.48. The third-order valence-electron chi connectivity index (χ3n) is 4.35. The van der Waals surface area contributed by atoms with Crippen LogP contribution in [0.25, 0.3) is 0 Å². The van der Waals surface area contributed by atoms with Gasteiger partial charge in [0.2, 0.25) is 0 Å². The van der Waals surface area contributed by atoms with Gasteiger partial charge in [0, 0.05) is 0 Å². The first-order chi connectivity index (χ1) is 9.71. The highest BCUT2D eigenvalue weighted by atomic mass is 19.1. The molecule has 0 atom stereocenters. The van der Waals surface area contributed by atoms with Crippen molar-refractivity contribution >= 4 is 0 Å². The van der Waals surface area contributed by atoms with E-state index in [1.165, 1.54) is 12.1 Å². The Kier molecular flexibility index (Phi) is 2.92. The summed E-state index contributed by atoms with van der Waals surface area (Å²) in [6.07, 6.45) is 0. The van der Waals surface area contributed by atoms with Crippen molar-refractivity contribution in [3.05, 3.63) is 30.1 Å². The Morgan fingerprint density at radius 3 is 2.05 bits per heavy atom. The summed E-state index contributed by atoms with van der Waals surface area (Å²) >= 11 is 0. The first-order valence-electron chi connectivity index (χ1n) is 7.11. The molecule has 108 valence electrons. The standard InChI is InChI=1S/C14H20FN4O/c15-13-1-3-14(4-2-13)20-6-5-19-10-16-7-17(11-19)9-18(8-16)12-19/h1-4H,5-12H2/q+1. The molecule has 5 nitrogen and oxygen atoms in total. The van der Waals surface area contributed by atoms with Gasteiger partial charge in [0.1, 0.15) is 44.7 Å². The fourth-order valence-corrected chi connectivity index (χ4v) is 3.76. The molecule has 4 aliphatic heterocycles. The Morgan fingerprint density at radius 2 is 1.50 bits per heavy atom. The Labute approximate surface area is 118 Å². The zero-order chi connectivity index (χ0) is 13.6. The fourth-order valence-electron chi connectivity index (χ4n) is 3.76. The van der Waals surface area contributed by atoms with Crippen LogP contribution in [0.15, 0.2) is 24.3 Å². The molecular formula is C14H20FN4O+. The average molecular weight is 279 g/mol. The van der Waals surface area contributed by atoms with Crippen LogP contribution in [-0.2, 0) is 0 Å². The molecule has 6 heteroatoms. The maximum Gasteiger partial charge on any atom is 0.139 e. The summed E-state index contributed by atoms with van der Waals surface area (Å²) in [5, 5.41) is 0. The predicted molar refractivity (Wildman–Crippen MR) is 71.7 cm³/mol. The lowest BCUT2D eigenvalue weighted by Gasteiger charge is -2.60. The topological polar surface area (TPSA) is 19.0 Å². The van der Waals surface area contributed by atoms with Crippen molar-refractivity contribution in [2.75, 3.05) is 53.2 Å². The lowest BCUT2D eigenvalue weighted by molar-refractivity contribution is -0.980. The molecule has 1 aromatic carbocycles. The Balaban J connectivity index is 1.36. The third kappa shape index (κ3) is 2.29. The second kappa shape index (κ2) is 4.66. The minimum Gasteiger partial charge on any atom is -0.488 e. The van der Waals surface area contributed by atoms with Crippen LogP contribution in [0.3, 0.4) is 0 Å². The minimum atomic E-state index is -0.220. The summed E-state index contributed by atoms with van der Waals surface area (Å²) in [7, 11) is 0. The van der Waals surface area contributed by atoms with E-state index < -0.39 is 0 Å². The molecule has 5 rings (SSSR count). The van der Waals surface area contributed by atoms with Gasteiger partial charge in [0.05, 0.1) is 20.0 Å². The summed E-state index contributed by atoms with van der Waals surface area (Å²) in [5.41, 5.74) is 0. The third-order valence-corrected chi connectivity index (χ3v) is 4.35. The molecule has 0 aliphatic carbocycles. The van der Waals surface area contributed by atoms with E-state index in [1.54, 1.807) is 12.1 Å². The average Bonchev–Trinajstić information content (AvgIpc) is 2.39. The van der Waals surface area contributed by atoms with E-state index in [9.17, 15) is 4.39 Å². The van der Waals surface area contributed by atoms with Crippen LogP contribution in [-0.4, -0.2) is 72.3 Å². The second-order valence-electron chi connectivity index (χ2n) is 6.23. The van der Waals surface area contributed by atoms with Crippen LogP contribution >= 0.6 is 0 Å². The van der Waals surface area contributed by atoms with Crippen LogP contribution in [0, 0.1) is 5.82 Å². The molecule has 20 heavy (non-hydrogen) atoms. The summed E-state index contributed by atoms with van der Waals surface area (Å²) in [5.74, 6) is 0.531. The van der Waals surface area contributed by atoms with Gasteiger partial charge in [-0.05, 0) is 24.3 Å². The number of quaternary nitrogens is 1. The largest absolute Gasteiger partial charge is 0.488 e. The van der Waals surface area contributed by atoms with Gasteiger partial charge in [-0.25, -0.2) is 19.1 Å². The molecule has 4 aliphatic rings. The molecule has 4 bridgehead atoms. The first-order valence-corrected chi connectivity index (χ1v) is 7.11. The van der Waals surface area contributed by atoms with Gasteiger partial charge in [-0.3, -0.25) is 4.48 Å². The van der Waals surface area contributed by atoms with Gasteiger partial charge in [-0.1, -0.05) is 0 Å². The molecule has 0 aromatic heterocycles. The Hall–Kier alpha value is -1.21. The van der Waals surface area contributed by atoms with Crippen molar-refractivity contribution in [2.24, 2.45) is 0 Å². The van der Waals surface area contributed by atoms with Crippen molar-refractivity contribution in [1.82, 2.24) is 14.7 Å². The monoisotopic (exact) mass is 279 g/mol. The molecule has 0 saturated carbocycles. The number of rotatable bonds is 4.